The minimum Gasteiger partial charge on any atom is -0.458 e. The van der Waals surface area contributed by atoms with E-state index in [9.17, 15) is 25.2 Å². The molecule has 0 bridgehead atoms. The molecule has 0 spiro atoms. The summed E-state index contributed by atoms with van der Waals surface area (Å²) in [4.78, 5) is 11.6. The van der Waals surface area contributed by atoms with Gasteiger partial charge in [-0.2, -0.15) is 0 Å². The molecular weight excluding hydrogens is 372 g/mol. The van der Waals surface area contributed by atoms with Crippen molar-refractivity contribution in [3.63, 3.8) is 0 Å². The fraction of sp³-hybridized carbons (Fsp3) is 0.870. The Kier molecular flexibility index (Phi) is 4.49. The van der Waals surface area contributed by atoms with Crippen LogP contribution in [0.2, 0.25) is 0 Å². The molecule has 0 aromatic heterocycles. The molecule has 162 valence electrons. The minimum atomic E-state index is -0.832. The number of esters is 1. The van der Waals surface area contributed by atoms with Gasteiger partial charge in [-0.3, -0.25) is 0 Å². The molecule has 7 unspecified atom stereocenters. The molecule has 9 atom stereocenters. The van der Waals surface area contributed by atoms with Crippen LogP contribution in [0.15, 0.2) is 11.6 Å². The Hall–Kier alpha value is -0.950. The summed E-state index contributed by atoms with van der Waals surface area (Å²) in [6, 6.07) is 0. The fourth-order valence-corrected chi connectivity index (χ4v) is 8.50. The quantitative estimate of drug-likeness (QED) is 0.519. The van der Waals surface area contributed by atoms with E-state index in [1.807, 2.05) is 0 Å². The summed E-state index contributed by atoms with van der Waals surface area (Å²) in [5, 5.41) is 43.3. The molecule has 0 aromatic rings. The molecule has 29 heavy (non-hydrogen) atoms. The van der Waals surface area contributed by atoms with E-state index in [0.717, 1.165) is 37.7 Å². The maximum absolute atomic E-state index is 12.1. The van der Waals surface area contributed by atoms with Crippen LogP contribution in [-0.4, -0.2) is 57.4 Å². The Morgan fingerprint density at radius 2 is 1.90 bits per heavy atom. The van der Waals surface area contributed by atoms with E-state index in [2.05, 4.69) is 6.92 Å². The lowest BCUT2D eigenvalue weighted by Gasteiger charge is -2.64. The molecule has 1 heterocycles. The first-order valence-electron chi connectivity index (χ1n) is 11.3. The molecule has 0 radical (unpaired) electrons. The number of ether oxygens (including phenoxy) is 1. The number of cyclic esters (lactones) is 1. The van der Waals surface area contributed by atoms with E-state index in [4.69, 9.17) is 4.74 Å². The van der Waals surface area contributed by atoms with Gasteiger partial charge < -0.3 is 25.2 Å². The van der Waals surface area contributed by atoms with Crippen LogP contribution in [0.1, 0.15) is 58.3 Å². The van der Waals surface area contributed by atoms with Crippen molar-refractivity contribution < 1.29 is 30.0 Å². The monoisotopic (exact) mass is 406 g/mol. The Bertz CT molecular complexity index is 735. The molecule has 4 N–H and O–H groups in total. The van der Waals surface area contributed by atoms with E-state index in [-0.39, 0.29) is 41.7 Å². The van der Waals surface area contributed by atoms with Gasteiger partial charge in [-0.05, 0) is 80.6 Å². The molecule has 0 aromatic carbocycles. The predicted octanol–water partition coefficient (Wildman–Crippen LogP) is 1.55. The second-order valence-electron chi connectivity index (χ2n) is 10.8. The van der Waals surface area contributed by atoms with Crippen LogP contribution < -0.4 is 0 Å². The van der Waals surface area contributed by atoms with Crippen LogP contribution in [0.25, 0.3) is 0 Å². The molecule has 4 saturated carbocycles. The van der Waals surface area contributed by atoms with Crippen LogP contribution in [0.5, 0.6) is 0 Å². The SMILES string of the molecule is CC12CCC3[C@H](CC[C@H]4CC(O)C(O)CC34CO)C1(O)CCC2C1=CC(=O)OC1. The highest BCUT2D eigenvalue weighted by molar-refractivity contribution is 5.85. The second-order valence-corrected chi connectivity index (χ2v) is 10.8. The van der Waals surface area contributed by atoms with Gasteiger partial charge in [-0.1, -0.05) is 6.92 Å². The molecule has 0 saturated heterocycles. The fourth-order valence-electron chi connectivity index (χ4n) is 8.50. The number of fused-ring (bicyclic) bond motifs is 5. The molecule has 1 aliphatic heterocycles. The van der Waals surface area contributed by atoms with Crippen molar-refractivity contribution in [1.82, 2.24) is 0 Å². The number of carbonyl (C=O) groups excluding carboxylic acids is 1. The smallest absolute Gasteiger partial charge is 0.331 e. The third-order valence-electron chi connectivity index (χ3n) is 10.0. The molecule has 0 amide bonds. The minimum absolute atomic E-state index is 0.00628. The van der Waals surface area contributed by atoms with Crippen molar-refractivity contribution in [3.8, 4) is 0 Å². The van der Waals surface area contributed by atoms with E-state index in [1.54, 1.807) is 6.08 Å². The van der Waals surface area contributed by atoms with Crippen molar-refractivity contribution in [2.45, 2.75) is 76.1 Å². The number of hydrogen-bond acceptors (Lipinski definition) is 6. The summed E-state index contributed by atoms with van der Waals surface area (Å²) in [6.45, 7) is 2.53. The standard InChI is InChI=1S/C23H34O6/c1-21-6-4-16-17(3-2-14-9-18(25)19(26)10-22(14,16)12-24)23(21,28)7-5-15(21)13-8-20(27)29-11-13/h8,14-19,24-26,28H,2-7,9-12H2,1H3/t14-,15?,16?,17-,18?,19?,21?,22?,23?/m0/s1. The average Bonchev–Trinajstić information content (AvgIpc) is 3.23. The van der Waals surface area contributed by atoms with Gasteiger partial charge >= 0.3 is 5.97 Å². The number of hydrogen-bond donors (Lipinski definition) is 4. The van der Waals surface area contributed by atoms with Gasteiger partial charge in [0.1, 0.15) is 6.61 Å². The van der Waals surface area contributed by atoms with Gasteiger partial charge in [0.2, 0.25) is 0 Å². The molecule has 4 aliphatic carbocycles. The van der Waals surface area contributed by atoms with Crippen molar-refractivity contribution in [1.29, 1.82) is 0 Å². The van der Waals surface area contributed by atoms with Crippen LogP contribution in [0.3, 0.4) is 0 Å². The summed E-state index contributed by atoms with van der Waals surface area (Å²) in [5.41, 5.74) is -0.526. The van der Waals surface area contributed by atoms with Gasteiger partial charge in [-0.15, -0.1) is 0 Å². The first-order chi connectivity index (χ1) is 13.7. The summed E-state index contributed by atoms with van der Waals surface area (Å²) in [6.07, 6.45) is 6.14. The summed E-state index contributed by atoms with van der Waals surface area (Å²) in [5.74, 6) is 0.306. The number of carbonyl (C=O) groups is 1. The van der Waals surface area contributed by atoms with Gasteiger partial charge in [0.05, 0.1) is 17.8 Å². The summed E-state index contributed by atoms with van der Waals surface area (Å²) >= 11 is 0. The summed E-state index contributed by atoms with van der Waals surface area (Å²) in [7, 11) is 0. The highest BCUT2D eigenvalue weighted by atomic mass is 16.5. The van der Waals surface area contributed by atoms with Crippen molar-refractivity contribution in [3.05, 3.63) is 11.6 Å². The lowest BCUT2D eigenvalue weighted by atomic mass is 9.42. The lowest BCUT2D eigenvalue weighted by Crippen LogP contribution is -2.65. The number of aliphatic hydroxyl groups is 4. The van der Waals surface area contributed by atoms with E-state index in [1.165, 1.54) is 0 Å². The lowest BCUT2D eigenvalue weighted by molar-refractivity contribution is -0.230. The normalized spacial score (nSPS) is 54.2. The van der Waals surface area contributed by atoms with Crippen LogP contribution in [0, 0.1) is 34.5 Å². The van der Waals surface area contributed by atoms with Gasteiger partial charge in [0, 0.05) is 23.5 Å². The Balaban J connectivity index is 1.49. The van der Waals surface area contributed by atoms with Crippen molar-refractivity contribution in [2.75, 3.05) is 13.2 Å². The number of aliphatic hydroxyl groups excluding tert-OH is 3. The molecule has 6 heteroatoms. The topological polar surface area (TPSA) is 107 Å². The highest BCUT2D eigenvalue weighted by Crippen LogP contribution is 2.69. The summed E-state index contributed by atoms with van der Waals surface area (Å²) < 4.78 is 5.17. The van der Waals surface area contributed by atoms with E-state index >= 15 is 0 Å². The number of rotatable bonds is 2. The average molecular weight is 407 g/mol. The zero-order valence-electron chi connectivity index (χ0n) is 17.2. The Morgan fingerprint density at radius 3 is 2.59 bits per heavy atom. The third-order valence-corrected chi connectivity index (χ3v) is 10.0. The van der Waals surface area contributed by atoms with Gasteiger partial charge in [0.15, 0.2) is 0 Å². The molecule has 5 rings (SSSR count). The maximum Gasteiger partial charge on any atom is 0.331 e. The Labute approximate surface area is 172 Å². The first-order valence-corrected chi connectivity index (χ1v) is 11.3. The first kappa shape index (κ1) is 20.0. The highest BCUT2D eigenvalue weighted by Gasteiger charge is 2.68. The Morgan fingerprint density at radius 1 is 1.10 bits per heavy atom. The van der Waals surface area contributed by atoms with E-state index in [0.29, 0.717) is 25.9 Å². The largest absolute Gasteiger partial charge is 0.458 e. The van der Waals surface area contributed by atoms with Crippen LogP contribution in [0.4, 0.5) is 0 Å². The van der Waals surface area contributed by atoms with Crippen LogP contribution in [-0.2, 0) is 9.53 Å². The van der Waals surface area contributed by atoms with Crippen LogP contribution >= 0.6 is 0 Å². The maximum atomic E-state index is 12.1. The van der Waals surface area contributed by atoms with E-state index < -0.39 is 23.2 Å². The predicted molar refractivity (Wildman–Crippen MR) is 105 cm³/mol. The molecule has 5 aliphatic rings. The molecular formula is C23H34O6. The van der Waals surface area contributed by atoms with Gasteiger partial charge in [0.25, 0.3) is 0 Å². The second kappa shape index (κ2) is 6.52. The van der Waals surface area contributed by atoms with Crippen molar-refractivity contribution in [2.24, 2.45) is 34.5 Å². The van der Waals surface area contributed by atoms with Crippen molar-refractivity contribution >= 4 is 5.97 Å². The molecule has 6 nitrogen and oxygen atoms in total. The zero-order valence-corrected chi connectivity index (χ0v) is 17.2. The third kappa shape index (κ3) is 2.52. The van der Waals surface area contributed by atoms with Gasteiger partial charge in [-0.25, -0.2) is 4.79 Å². The molecule has 4 fully saturated rings. The zero-order chi connectivity index (χ0) is 20.6.